The van der Waals surface area contributed by atoms with Crippen molar-refractivity contribution in [3.8, 4) is 11.8 Å². The number of anilines is 1. The third-order valence-corrected chi connectivity index (χ3v) is 3.80. The van der Waals surface area contributed by atoms with Crippen LogP contribution in [0.5, 0.6) is 5.75 Å². The number of nitrogens with zero attached hydrogens (tertiary/aromatic N) is 1. The largest absolute Gasteiger partial charge is 0.481 e. The molecule has 0 aliphatic rings. The average molecular weight is 408 g/mol. The van der Waals surface area contributed by atoms with Crippen LogP contribution in [0.4, 0.5) is 5.69 Å². The minimum atomic E-state index is -0.636. The van der Waals surface area contributed by atoms with Crippen LogP contribution in [0.2, 0.25) is 0 Å². The van der Waals surface area contributed by atoms with E-state index in [4.69, 9.17) is 9.47 Å². The molecule has 0 spiro atoms. The quantitative estimate of drug-likeness (QED) is 0.406. The summed E-state index contributed by atoms with van der Waals surface area (Å²) in [6.07, 6.45) is 1.36. The fourth-order valence-corrected chi connectivity index (χ4v) is 2.38. The van der Waals surface area contributed by atoms with Gasteiger partial charge in [0.05, 0.1) is 19.3 Å². The van der Waals surface area contributed by atoms with Crippen molar-refractivity contribution in [3.05, 3.63) is 65.2 Å². The molecule has 0 unspecified atom stereocenters. The number of amides is 1. The van der Waals surface area contributed by atoms with Gasteiger partial charge >= 0.3 is 11.9 Å². The lowest BCUT2D eigenvalue weighted by Gasteiger charge is -2.09. The van der Waals surface area contributed by atoms with Crippen LogP contribution in [-0.2, 0) is 19.1 Å². The van der Waals surface area contributed by atoms with Crippen molar-refractivity contribution in [3.63, 3.8) is 0 Å². The number of carbonyl (C=O) groups is 3. The highest BCUT2D eigenvalue weighted by atomic mass is 16.6. The number of ether oxygens (including phenoxy) is 3. The number of benzene rings is 2. The number of rotatable bonds is 8. The summed E-state index contributed by atoms with van der Waals surface area (Å²) in [5.74, 6) is -1.33. The first-order chi connectivity index (χ1) is 14.5. The van der Waals surface area contributed by atoms with Crippen LogP contribution < -0.4 is 10.1 Å². The Morgan fingerprint density at radius 1 is 1.10 bits per heavy atom. The summed E-state index contributed by atoms with van der Waals surface area (Å²) in [6, 6.07) is 14.6. The minimum absolute atomic E-state index is 0.167. The monoisotopic (exact) mass is 408 g/mol. The van der Waals surface area contributed by atoms with E-state index in [1.54, 1.807) is 31.2 Å². The molecule has 0 bridgehead atoms. The van der Waals surface area contributed by atoms with E-state index in [2.05, 4.69) is 10.1 Å². The number of carbonyl (C=O) groups excluding carboxylic acids is 3. The lowest BCUT2D eigenvalue weighted by atomic mass is 10.1. The van der Waals surface area contributed by atoms with Gasteiger partial charge in [-0.25, -0.2) is 9.59 Å². The molecule has 2 rings (SSSR count). The summed E-state index contributed by atoms with van der Waals surface area (Å²) in [5.41, 5.74) is 1.02. The molecule has 1 amide bonds. The number of esters is 2. The van der Waals surface area contributed by atoms with Gasteiger partial charge in [-0.05, 0) is 43.3 Å². The second kappa shape index (κ2) is 11.0. The van der Waals surface area contributed by atoms with E-state index >= 15 is 0 Å². The Labute approximate surface area is 173 Å². The van der Waals surface area contributed by atoms with Gasteiger partial charge in [-0.15, -0.1) is 0 Å². The second-order valence-electron chi connectivity index (χ2n) is 5.82. The van der Waals surface area contributed by atoms with Gasteiger partial charge in [0.1, 0.15) is 17.4 Å². The maximum atomic E-state index is 12.5. The molecule has 0 atom stereocenters. The number of nitrogens with one attached hydrogen (secondary N) is 1. The van der Waals surface area contributed by atoms with Crippen LogP contribution in [-0.4, -0.2) is 38.2 Å². The maximum absolute atomic E-state index is 12.5. The highest BCUT2D eigenvalue weighted by Gasteiger charge is 2.13. The van der Waals surface area contributed by atoms with E-state index in [9.17, 15) is 19.6 Å². The summed E-state index contributed by atoms with van der Waals surface area (Å²) in [4.78, 5) is 35.4. The molecule has 8 heteroatoms. The molecule has 154 valence electrons. The van der Waals surface area contributed by atoms with Gasteiger partial charge in [-0.3, -0.25) is 4.79 Å². The Morgan fingerprint density at radius 3 is 2.43 bits per heavy atom. The van der Waals surface area contributed by atoms with Gasteiger partial charge in [0, 0.05) is 11.3 Å². The third-order valence-electron chi connectivity index (χ3n) is 3.80. The molecule has 1 N–H and O–H groups in total. The normalized spacial score (nSPS) is 10.5. The second-order valence-corrected chi connectivity index (χ2v) is 5.82. The summed E-state index contributed by atoms with van der Waals surface area (Å²) in [7, 11) is 1.27. The van der Waals surface area contributed by atoms with E-state index < -0.39 is 17.8 Å². The van der Waals surface area contributed by atoms with E-state index in [-0.39, 0.29) is 18.8 Å². The molecular weight excluding hydrogens is 388 g/mol. The van der Waals surface area contributed by atoms with Gasteiger partial charge in [-0.2, -0.15) is 5.26 Å². The Bertz CT molecular complexity index is 989. The number of hydrogen-bond acceptors (Lipinski definition) is 7. The SMILES string of the molecule is CCOC(=O)COc1ccccc1/C=C(\C#N)C(=O)Nc1ccc(C(=O)OC)cc1. The van der Waals surface area contributed by atoms with Crippen molar-refractivity contribution in [2.45, 2.75) is 6.92 Å². The van der Waals surface area contributed by atoms with Gasteiger partial charge in [0.15, 0.2) is 6.61 Å². The Morgan fingerprint density at radius 2 is 1.80 bits per heavy atom. The van der Waals surface area contributed by atoms with Crippen molar-refractivity contribution in [2.24, 2.45) is 0 Å². The number of para-hydroxylation sites is 1. The summed E-state index contributed by atoms with van der Waals surface area (Å²) >= 11 is 0. The lowest BCUT2D eigenvalue weighted by molar-refractivity contribution is -0.145. The molecule has 0 saturated carbocycles. The van der Waals surface area contributed by atoms with Crippen LogP contribution >= 0.6 is 0 Å². The van der Waals surface area contributed by atoms with Crippen LogP contribution in [0.15, 0.2) is 54.1 Å². The highest BCUT2D eigenvalue weighted by Crippen LogP contribution is 2.22. The summed E-state index contributed by atoms with van der Waals surface area (Å²) in [5, 5.41) is 12.0. The van der Waals surface area contributed by atoms with E-state index in [0.717, 1.165) is 0 Å². The van der Waals surface area contributed by atoms with Gasteiger partial charge in [-0.1, -0.05) is 18.2 Å². The number of nitriles is 1. The molecule has 0 heterocycles. The Hall–Kier alpha value is -4.12. The standard InChI is InChI=1S/C22H20N2O6/c1-3-29-20(25)14-30-19-7-5-4-6-16(19)12-17(13-23)21(26)24-18-10-8-15(9-11-18)22(27)28-2/h4-12H,3,14H2,1-2H3,(H,24,26)/b17-12+. The topological polar surface area (TPSA) is 115 Å². The first-order valence-corrected chi connectivity index (χ1v) is 8.97. The molecule has 0 radical (unpaired) electrons. The maximum Gasteiger partial charge on any atom is 0.344 e. The zero-order valence-corrected chi connectivity index (χ0v) is 16.5. The minimum Gasteiger partial charge on any atom is -0.481 e. The van der Waals surface area contributed by atoms with Crippen molar-refractivity contribution in [1.29, 1.82) is 5.26 Å². The van der Waals surface area contributed by atoms with E-state index in [1.807, 2.05) is 6.07 Å². The molecule has 0 aliphatic carbocycles. The van der Waals surface area contributed by atoms with E-state index in [1.165, 1.54) is 37.5 Å². The molecule has 2 aromatic carbocycles. The molecule has 2 aromatic rings. The average Bonchev–Trinajstić information content (AvgIpc) is 2.76. The fraction of sp³-hybridized carbons (Fsp3) is 0.182. The highest BCUT2D eigenvalue weighted by molar-refractivity contribution is 6.10. The van der Waals surface area contributed by atoms with Crippen molar-refractivity contribution >= 4 is 29.6 Å². The zero-order valence-electron chi connectivity index (χ0n) is 16.5. The molecule has 0 saturated heterocycles. The predicted molar refractivity (Wildman–Crippen MR) is 109 cm³/mol. The smallest absolute Gasteiger partial charge is 0.344 e. The van der Waals surface area contributed by atoms with Gasteiger partial charge < -0.3 is 19.5 Å². The Kier molecular flexibility index (Phi) is 8.15. The first kappa shape index (κ1) is 22.2. The van der Waals surface area contributed by atoms with Crippen molar-refractivity contribution < 1.29 is 28.6 Å². The number of methoxy groups -OCH3 is 1. The number of hydrogen-bond donors (Lipinski definition) is 1. The van der Waals surface area contributed by atoms with Crippen molar-refractivity contribution in [1.82, 2.24) is 0 Å². The lowest BCUT2D eigenvalue weighted by Crippen LogP contribution is -2.15. The fourth-order valence-electron chi connectivity index (χ4n) is 2.38. The van der Waals surface area contributed by atoms with Crippen molar-refractivity contribution in [2.75, 3.05) is 25.6 Å². The molecule has 0 fully saturated rings. The van der Waals surface area contributed by atoms with E-state index in [0.29, 0.717) is 22.6 Å². The first-order valence-electron chi connectivity index (χ1n) is 8.97. The zero-order chi connectivity index (χ0) is 21.9. The summed E-state index contributed by atoms with van der Waals surface area (Å²) in [6.45, 7) is 1.64. The molecular formula is C22H20N2O6. The van der Waals surface area contributed by atoms with Crippen LogP contribution in [0.3, 0.4) is 0 Å². The molecule has 8 nitrogen and oxygen atoms in total. The Balaban J connectivity index is 2.15. The molecule has 30 heavy (non-hydrogen) atoms. The third kappa shape index (κ3) is 6.21. The molecule has 0 aromatic heterocycles. The van der Waals surface area contributed by atoms with Crippen LogP contribution in [0.1, 0.15) is 22.8 Å². The van der Waals surface area contributed by atoms with Crippen LogP contribution in [0, 0.1) is 11.3 Å². The van der Waals surface area contributed by atoms with Gasteiger partial charge in [0.25, 0.3) is 5.91 Å². The predicted octanol–water partition coefficient (Wildman–Crippen LogP) is 2.96. The molecule has 0 aliphatic heterocycles. The van der Waals surface area contributed by atoms with Gasteiger partial charge in [0.2, 0.25) is 0 Å². The summed E-state index contributed by atoms with van der Waals surface area (Å²) < 4.78 is 14.9. The van der Waals surface area contributed by atoms with Crippen LogP contribution in [0.25, 0.3) is 6.08 Å².